The Morgan fingerprint density at radius 2 is 1.68 bits per heavy atom. The van der Waals surface area contributed by atoms with E-state index in [1.54, 1.807) is 20.8 Å². The van der Waals surface area contributed by atoms with Gasteiger partial charge in [-0.3, -0.25) is 9.59 Å². The number of carboxylic acids is 1. The third-order valence-electron chi connectivity index (χ3n) is 2.91. The lowest BCUT2D eigenvalue weighted by molar-refractivity contribution is -0.160. The number of rotatable bonds is 7. The van der Waals surface area contributed by atoms with Crippen molar-refractivity contribution in [2.45, 2.75) is 72.8 Å². The topological polar surface area (TPSA) is 63.6 Å². The summed E-state index contributed by atoms with van der Waals surface area (Å²) in [5.41, 5.74) is -0.640. The van der Waals surface area contributed by atoms with Crippen LogP contribution in [0.3, 0.4) is 0 Å². The van der Waals surface area contributed by atoms with Crippen LogP contribution in [-0.2, 0) is 14.3 Å². The monoisotopic (exact) mass is 272 g/mol. The Hall–Kier alpha value is -1.06. The Kier molecular flexibility index (Phi) is 6.53. The maximum atomic E-state index is 11.7. The van der Waals surface area contributed by atoms with Gasteiger partial charge >= 0.3 is 11.9 Å². The standard InChI is InChI=1S/C15H28O4/c1-7-8-15(5,6)10-11(13(17)18)9-12(16)19-14(2,3)4/h11H,7-10H2,1-6H3,(H,17,18)/t11-/m1/s1. The van der Waals surface area contributed by atoms with Crippen LogP contribution in [0.5, 0.6) is 0 Å². The third-order valence-corrected chi connectivity index (χ3v) is 2.91. The van der Waals surface area contributed by atoms with Crippen molar-refractivity contribution >= 4 is 11.9 Å². The zero-order valence-electron chi connectivity index (χ0n) is 13.1. The van der Waals surface area contributed by atoms with E-state index in [2.05, 4.69) is 6.92 Å². The fourth-order valence-corrected chi connectivity index (χ4v) is 2.28. The lowest BCUT2D eigenvalue weighted by atomic mass is 9.78. The van der Waals surface area contributed by atoms with Crippen molar-refractivity contribution in [3.05, 3.63) is 0 Å². The molecule has 19 heavy (non-hydrogen) atoms. The van der Waals surface area contributed by atoms with Crippen LogP contribution in [-0.4, -0.2) is 22.6 Å². The van der Waals surface area contributed by atoms with Crippen molar-refractivity contribution in [3.8, 4) is 0 Å². The maximum absolute atomic E-state index is 11.7. The van der Waals surface area contributed by atoms with Crippen molar-refractivity contribution in [2.24, 2.45) is 11.3 Å². The van der Waals surface area contributed by atoms with Crippen molar-refractivity contribution in [3.63, 3.8) is 0 Å². The molecule has 0 aliphatic heterocycles. The van der Waals surface area contributed by atoms with Crippen LogP contribution in [0.15, 0.2) is 0 Å². The maximum Gasteiger partial charge on any atom is 0.307 e. The summed E-state index contributed by atoms with van der Waals surface area (Å²) in [6.07, 6.45) is 2.39. The smallest absolute Gasteiger partial charge is 0.307 e. The molecule has 112 valence electrons. The molecule has 0 amide bonds. The van der Waals surface area contributed by atoms with Crippen molar-refractivity contribution in [1.82, 2.24) is 0 Å². The van der Waals surface area contributed by atoms with Crippen LogP contribution in [0.2, 0.25) is 0 Å². The normalized spacial score (nSPS) is 14.0. The predicted molar refractivity (Wildman–Crippen MR) is 74.9 cm³/mol. The Balaban J connectivity index is 4.59. The molecule has 0 aliphatic rings. The molecule has 0 saturated heterocycles. The summed E-state index contributed by atoms with van der Waals surface area (Å²) in [5.74, 6) is -2.03. The van der Waals surface area contributed by atoms with Gasteiger partial charge < -0.3 is 9.84 Å². The predicted octanol–water partition coefficient (Wildman–Crippen LogP) is 3.64. The summed E-state index contributed by atoms with van der Waals surface area (Å²) in [4.78, 5) is 23.0. The summed E-state index contributed by atoms with van der Waals surface area (Å²) < 4.78 is 5.19. The molecule has 0 bridgehead atoms. The first-order chi connectivity index (χ1) is 8.47. The number of esters is 1. The first-order valence-corrected chi connectivity index (χ1v) is 6.91. The highest BCUT2D eigenvalue weighted by Crippen LogP contribution is 2.32. The summed E-state index contributed by atoms with van der Waals surface area (Å²) in [6, 6.07) is 0. The van der Waals surface area contributed by atoms with Crippen molar-refractivity contribution in [2.75, 3.05) is 0 Å². The molecule has 4 nitrogen and oxygen atoms in total. The Morgan fingerprint density at radius 3 is 2.05 bits per heavy atom. The number of hydrogen-bond acceptors (Lipinski definition) is 3. The first-order valence-electron chi connectivity index (χ1n) is 6.91. The molecule has 0 fully saturated rings. The third kappa shape index (κ3) is 8.62. The molecule has 0 aromatic rings. The SMILES string of the molecule is CCCC(C)(C)C[C@@H](CC(=O)OC(C)(C)C)C(=O)O. The first kappa shape index (κ1) is 17.9. The molecule has 0 aliphatic carbocycles. The second-order valence-electron chi connectivity index (χ2n) is 6.94. The van der Waals surface area contributed by atoms with Crippen LogP contribution in [0.4, 0.5) is 0 Å². The molecule has 0 rings (SSSR count). The summed E-state index contributed by atoms with van der Waals surface area (Å²) >= 11 is 0. The molecule has 0 unspecified atom stereocenters. The average Bonchev–Trinajstić information content (AvgIpc) is 2.12. The van der Waals surface area contributed by atoms with Crippen LogP contribution < -0.4 is 0 Å². The van der Waals surface area contributed by atoms with E-state index in [1.165, 1.54) is 0 Å². The lowest BCUT2D eigenvalue weighted by Crippen LogP contribution is -2.29. The molecule has 4 heteroatoms. The Labute approximate surface area is 116 Å². The van der Waals surface area contributed by atoms with E-state index < -0.39 is 23.5 Å². The van der Waals surface area contributed by atoms with Gasteiger partial charge in [0.15, 0.2) is 0 Å². The number of ether oxygens (including phenoxy) is 1. The van der Waals surface area contributed by atoms with E-state index >= 15 is 0 Å². The molecule has 0 heterocycles. The van der Waals surface area contributed by atoms with Gasteiger partial charge in [-0.2, -0.15) is 0 Å². The molecule has 0 saturated carbocycles. The van der Waals surface area contributed by atoms with Crippen LogP contribution >= 0.6 is 0 Å². The lowest BCUT2D eigenvalue weighted by Gasteiger charge is -2.28. The van der Waals surface area contributed by atoms with Gasteiger partial charge in [0.1, 0.15) is 5.60 Å². The zero-order valence-corrected chi connectivity index (χ0v) is 13.1. The van der Waals surface area contributed by atoms with Crippen LogP contribution in [0.1, 0.15) is 67.2 Å². The molecule has 0 radical (unpaired) electrons. The number of aliphatic carboxylic acids is 1. The van der Waals surface area contributed by atoms with Gasteiger partial charge in [0.2, 0.25) is 0 Å². The molecule has 1 N–H and O–H groups in total. The molecule has 0 spiro atoms. The Morgan fingerprint density at radius 1 is 1.16 bits per heavy atom. The van der Waals surface area contributed by atoms with E-state index in [0.717, 1.165) is 12.8 Å². The zero-order chi connectivity index (χ0) is 15.3. The quantitative estimate of drug-likeness (QED) is 0.719. The van der Waals surface area contributed by atoms with Gasteiger partial charge in [-0.05, 0) is 39.0 Å². The van der Waals surface area contributed by atoms with Gasteiger partial charge in [-0.25, -0.2) is 0 Å². The number of hydrogen-bond donors (Lipinski definition) is 1. The summed E-state index contributed by atoms with van der Waals surface area (Å²) in [6.45, 7) is 11.5. The highest BCUT2D eigenvalue weighted by molar-refractivity contribution is 5.79. The van der Waals surface area contributed by atoms with E-state index in [-0.39, 0.29) is 11.8 Å². The van der Waals surface area contributed by atoms with Gasteiger partial charge in [-0.15, -0.1) is 0 Å². The van der Waals surface area contributed by atoms with Crippen LogP contribution in [0.25, 0.3) is 0 Å². The number of carbonyl (C=O) groups is 2. The summed E-state index contributed by atoms with van der Waals surface area (Å²) in [5, 5.41) is 9.24. The Bertz CT molecular complexity index is 313. The minimum Gasteiger partial charge on any atom is -0.481 e. The second kappa shape index (κ2) is 6.92. The van der Waals surface area contributed by atoms with Crippen LogP contribution in [0, 0.1) is 11.3 Å². The molecule has 0 aromatic heterocycles. The number of carbonyl (C=O) groups excluding carboxylic acids is 1. The molecular weight excluding hydrogens is 244 g/mol. The minimum absolute atomic E-state index is 0.0558. The van der Waals surface area contributed by atoms with E-state index in [1.807, 2.05) is 13.8 Å². The second-order valence-corrected chi connectivity index (χ2v) is 6.94. The van der Waals surface area contributed by atoms with Crippen molar-refractivity contribution in [1.29, 1.82) is 0 Å². The highest BCUT2D eigenvalue weighted by Gasteiger charge is 2.30. The fraction of sp³-hybridized carbons (Fsp3) is 0.867. The minimum atomic E-state index is -0.921. The highest BCUT2D eigenvalue weighted by atomic mass is 16.6. The van der Waals surface area contributed by atoms with Gasteiger partial charge in [0.25, 0.3) is 0 Å². The van der Waals surface area contributed by atoms with Gasteiger partial charge in [0.05, 0.1) is 12.3 Å². The van der Waals surface area contributed by atoms with E-state index in [0.29, 0.717) is 6.42 Å². The van der Waals surface area contributed by atoms with Gasteiger partial charge in [0, 0.05) is 0 Å². The molecular formula is C15H28O4. The van der Waals surface area contributed by atoms with E-state index in [4.69, 9.17) is 4.74 Å². The largest absolute Gasteiger partial charge is 0.481 e. The molecule has 1 atom stereocenters. The average molecular weight is 272 g/mol. The molecule has 0 aromatic carbocycles. The number of carboxylic acid groups (broad SMARTS) is 1. The van der Waals surface area contributed by atoms with Gasteiger partial charge in [-0.1, -0.05) is 27.2 Å². The van der Waals surface area contributed by atoms with E-state index in [9.17, 15) is 14.7 Å². The fourth-order valence-electron chi connectivity index (χ4n) is 2.28. The summed E-state index contributed by atoms with van der Waals surface area (Å²) in [7, 11) is 0. The van der Waals surface area contributed by atoms with Crippen molar-refractivity contribution < 1.29 is 19.4 Å².